The molecule has 0 saturated carbocycles. The summed E-state index contributed by atoms with van der Waals surface area (Å²) in [6.45, 7) is 10.8. The average molecular weight is 624 g/mol. The molecule has 43 heavy (non-hydrogen) atoms. The van der Waals surface area contributed by atoms with E-state index in [1.807, 2.05) is 37.3 Å². The first-order chi connectivity index (χ1) is 20.4. The quantitative estimate of drug-likeness (QED) is 0.262. The van der Waals surface area contributed by atoms with Crippen molar-refractivity contribution >= 4 is 27.6 Å². The third-order valence-corrected chi connectivity index (χ3v) is 11.0. The summed E-state index contributed by atoms with van der Waals surface area (Å²) in [5.41, 5.74) is 3.56. The number of benzene rings is 3. The normalized spacial score (nSPS) is 22.9. The van der Waals surface area contributed by atoms with Crippen molar-refractivity contribution in [2.75, 3.05) is 19.7 Å². The topological polar surface area (TPSA) is 93.1 Å². The van der Waals surface area contributed by atoms with Crippen LogP contribution in [0, 0.1) is 11.8 Å². The van der Waals surface area contributed by atoms with Crippen molar-refractivity contribution in [1.82, 2.24) is 4.31 Å². The number of carbonyl (C=O) groups is 1. The second-order valence-corrected chi connectivity index (χ2v) is 14.4. The summed E-state index contributed by atoms with van der Waals surface area (Å²) < 4.78 is 41.1. The number of fused-ring (bicyclic) bond motifs is 1. The Balaban J connectivity index is 1.47. The van der Waals surface area contributed by atoms with Crippen molar-refractivity contribution in [3.05, 3.63) is 107 Å². The largest absolute Gasteiger partial charge is 0.482 e. The molecule has 2 fully saturated rings. The summed E-state index contributed by atoms with van der Waals surface area (Å²) in [5, 5.41) is 9.84. The molecule has 0 aliphatic carbocycles. The molecule has 228 valence electrons. The van der Waals surface area contributed by atoms with Crippen molar-refractivity contribution < 1.29 is 27.8 Å². The van der Waals surface area contributed by atoms with E-state index in [0.29, 0.717) is 36.7 Å². The van der Waals surface area contributed by atoms with Crippen LogP contribution in [-0.4, -0.2) is 49.6 Å². The van der Waals surface area contributed by atoms with E-state index in [9.17, 15) is 18.3 Å². The van der Waals surface area contributed by atoms with E-state index in [1.165, 1.54) is 12.1 Å². The SMILES string of the molecule is C=C(C)[C@H]1C[C@@H]2CN(S(=O)(=O)c3ccc(Cl)cc3)CC[C@@H]2O[C@@H]1c1cc(C(C)(C)c2ccccc2)ccc1OCC(=O)O. The van der Waals surface area contributed by atoms with Crippen molar-refractivity contribution in [1.29, 1.82) is 0 Å². The molecule has 1 N–H and O–H groups in total. The van der Waals surface area contributed by atoms with Crippen LogP contribution in [0.3, 0.4) is 0 Å². The lowest BCUT2D eigenvalue weighted by Crippen LogP contribution is -2.50. The molecular formula is C34H38ClNO6S. The summed E-state index contributed by atoms with van der Waals surface area (Å²) in [5.74, 6) is -0.745. The molecule has 0 radical (unpaired) electrons. The molecule has 2 heterocycles. The highest BCUT2D eigenvalue weighted by molar-refractivity contribution is 7.89. The lowest BCUT2D eigenvalue weighted by atomic mass is 9.74. The fourth-order valence-corrected chi connectivity index (χ4v) is 7.93. The summed E-state index contributed by atoms with van der Waals surface area (Å²) >= 11 is 5.99. The van der Waals surface area contributed by atoms with E-state index in [0.717, 1.165) is 22.3 Å². The van der Waals surface area contributed by atoms with Gasteiger partial charge < -0.3 is 14.6 Å². The van der Waals surface area contributed by atoms with E-state index >= 15 is 0 Å². The molecule has 9 heteroatoms. The zero-order chi connectivity index (χ0) is 30.9. The second-order valence-electron chi connectivity index (χ2n) is 12.1. The monoisotopic (exact) mass is 623 g/mol. The minimum absolute atomic E-state index is 0.0268. The lowest BCUT2D eigenvalue weighted by molar-refractivity contribution is -0.139. The van der Waals surface area contributed by atoms with Crippen molar-refractivity contribution in [2.24, 2.45) is 11.8 Å². The molecule has 2 saturated heterocycles. The Morgan fingerprint density at radius 2 is 1.79 bits per heavy atom. The van der Waals surface area contributed by atoms with Gasteiger partial charge in [-0.3, -0.25) is 0 Å². The Morgan fingerprint density at radius 1 is 1.09 bits per heavy atom. The molecule has 0 amide bonds. The number of carboxylic acid groups (broad SMARTS) is 1. The maximum absolute atomic E-state index is 13.5. The number of hydrogen-bond acceptors (Lipinski definition) is 5. The molecule has 3 aromatic carbocycles. The van der Waals surface area contributed by atoms with Gasteiger partial charge in [-0.1, -0.05) is 74.0 Å². The van der Waals surface area contributed by atoms with Gasteiger partial charge in [-0.25, -0.2) is 13.2 Å². The van der Waals surface area contributed by atoms with Gasteiger partial charge in [0.2, 0.25) is 10.0 Å². The van der Waals surface area contributed by atoms with Crippen molar-refractivity contribution in [2.45, 2.75) is 56.1 Å². The molecule has 5 rings (SSSR count). The average Bonchev–Trinajstić information content (AvgIpc) is 2.99. The summed E-state index contributed by atoms with van der Waals surface area (Å²) in [6, 6.07) is 22.4. The van der Waals surface area contributed by atoms with Gasteiger partial charge in [0.05, 0.1) is 17.1 Å². The molecular weight excluding hydrogens is 586 g/mol. The summed E-state index contributed by atoms with van der Waals surface area (Å²) in [7, 11) is -3.68. The number of halogens is 1. The highest BCUT2D eigenvalue weighted by atomic mass is 35.5. The van der Waals surface area contributed by atoms with Crippen LogP contribution in [0.1, 0.15) is 56.4 Å². The standard InChI is InChI=1S/C34H38ClNO6S/c1-22(2)28-18-23-20-36(43(39,40)27-13-11-26(35)12-14-27)17-16-30(23)42-33(28)29-19-25(10-15-31(29)41-21-32(37)38)34(3,4)24-8-6-5-7-9-24/h5-15,19,23,28,30,33H,1,16-18,20-21H2,2-4H3,(H,37,38)/t23-,28-,30+,33+/m1/s1. The molecule has 0 bridgehead atoms. The predicted octanol–water partition coefficient (Wildman–Crippen LogP) is 6.86. The first-order valence-corrected chi connectivity index (χ1v) is 16.3. The number of sulfonamides is 1. The van der Waals surface area contributed by atoms with E-state index in [2.05, 4.69) is 38.6 Å². The Kier molecular flexibility index (Phi) is 9.05. The minimum Gasteiger partial charge on any atom is -0.482 e. The molecule has 0 unspecified atom stereocenters. The van der Waals surface area contributed by atoms with Crippen LogP contribution in [0.15, 0.2) is 89.8 Å². The third kappa shape index (κ3) is 6.53. The molecule has 0 aromatic heterocycles. The number of aliphatic carboxylic acids is 1. The van der Waals surface area contributed by atoms with Gasteiger partial charge in [-0.15, -0.1) is 0 Å². The van der Waals surface area contributed by atoms with Gasteiger partial charge in [-0.2, -0.15) is 4.31 Å². The highest BCUT2D eigenvalue weighted by Crippen LogP contribution is 2.48. The molecule has 7 nitrogen and oxygen atoms in total. The second kappa shape index (κ2) is 12.4. The maximum Gasteiger partial charge on any atom is 0.341 e. The van der Waals surface area contributed by atoms with Gasteiger partial charge in [0.1, 0.15) is 5.75 Å². The van der Waals surface area contributed by atoms with E-state index < -0.39 is 28.7 Å². The Labute approximate surface area is 259 Å². The van der Waals surface area contributed by atoms with E-state index in [1.54, 1.807) is 16.4 Å². The zero-order valence-electron chi connectivity index (χ0n) is 24.7. The molecule has 3 aromatic rings. The summed E-state index contributed by atoms with van der Waals surface area (Å²) in [6.07, 6.45) is 0.628. The number of ether oxygens (including phenoxy) is 2. The Bertz CT molecular complexity index is 1590. The smallest absolute Gasteiger partial charge is 0.341 e. The Morgan fingerprint density at radius 3 is 2.44 bits per heavy atom. The Hall–Kier alpha value is -3.17. The number of piperidine rings is 1. The van der Waals surface area contributed by atoms with Gasteiger partial charge in [-0.05, 0) is 73.2 Å². The summed E-state index contributed by atoms with van der Waals surface area (Å²) in [4.78, 5) is 11.7. The van der Waals surface area contributed by atoms with Crippen molar-refractivity contribution in [3.8, 4) is 5.75 Å². The molecule has 0 spiro atoms. The van der Waals surface area contributed by atoms with E-state index in [-0.39, 0.29) is 28.3 Å². The fraction of sp³-hybridized carbons (Fsp3) is 0.382. The van der Waals surface area contributed by atoms with Crippen LogP contribution in [0.5, 0.6) is 5.75 Å². The van der Waals surface area contributed by atoms with Crippen LogP contribution in [0.4, 0.5) is 0 Å². The van der Waals surface area contributed by atoms with Gasteiger partial charge in [0.25, 0.3) is 0 Å². The van der Waals surface area contributed by atoms with Gasteiger partial charge >= 0.3 is 5.97 Å². The highest BCUT2D eigenvalue weighted by Gasteiger charge is 2.45. The minimum atomic E-state index is -3.68. The van der Waals surface area contributed by atoms with Crippen LogP contribution in [0.2, 0.25) is 5.02 Å². The first kappa shape index (κ1) is 31.3. The first-order valence-electron chi connectivity index (χ1n) is 14.5. The third-order valence-electron chi connectivity index (χ3n) is 8.84. The van der Waals surface area contributed by atoms with Crippen LogP contribution in [-0.2, 0) is 25.0 Å². The number of hydrogen-bond donors (Lipinski definition) is 1. The number of nitrogens with zero attached hydrogens (tertiary/aromatic N) is 1. The predicted molar refractivity (Wildman–Crippen MR) is 167 cm³/mol. The van der Waals surface area contributed by atoms with Gasteiger partial charge in [0, 0.05) is 35.0 Å². The molecule has 2 aliphatic heterocycles. The van der Waals surface area contributed by atoms with Crippen LogP contribution < -0.4 is 4.74 Å². The van der Waals surface area contributed by atoms with Crippen molar-refractivity contribution in [3.63, 3.8) is 0 Å². The van der Waals surface area contributed by atoms with Crippen LogP contribution in [0.25, 0.3) is 0 Å². The van der Waals surface area contributed by atoms with Gasteiger partial charge in [0.15, 0.2) is 6.61 Å². The number of carboxylic acids is 1. The number of rotatable bonds is 9. The maximum atomic E-state index is 13.5. The van der Waals surface area contributed by atoms with Crippen LogP contribution >= 0.6 is 11.6 Å². The molecule has 4 atom stereocenters. The molecule has 2 aliphatic rings. The van der Waals surface area contributed by atoms with E-state index in [4.69, 9.17) is 21.1 Å². The fourth-order valence-electron chi connectivity index (χ4n) is 6.29. The zero-order valence-corrected chi connectivity index (χ0v) is 26.3. The lowest BCUT2D eigenvalue weighted by Gasteiger charge is -2.47.